The molecule has 0 fully saturated rings. The molecule has 25 heavy (non-hydrogen) atoms. The van der Waals surface area contributed by atoms with E-state index in [0.29, 0.717) is 11.9 Å². The van der Waals surface area contributed by atoms with Crippen LogP contribution in [-0.4, -0.2) is 37.4 Å². The molecule has 1 aliphatic carbocycles. The standard InChI is InChI=1S/C17H17NO7/c1-10-8-17(15(20)24-2,16(21)25-3)14(12(10)9-19)11-6-4-5-7-13(11)18(22)23/h4-7,9,14H,8H2,1-3H3/t14-/m1/s1. The van der Waals surface area contributed by atoms with E-state index in [2.05, 4.69) is 0 Å². The topological polar surface area (TPSA) is 113 Å². The monoisotopic (exact) mass is 347 g/mol. The minimum atomic E-state index is -1.88. The summed E-state index contributed by atoms with van der Waals surface area (Å²) in [6.07, 6.45) is 0.404. The quantitative estimate of drug-likeness (QED) is 0.263. The van der Waals surface area contributed by atoms with Gasteiger partial charge in [-0.05, 0) is 13.3 Å². The summed E-state index contributed by atoms with van der Waals surface area (Å²) < 4.78 is 9.60. The van der Waals surface area contributed by atoms with Gasteiger partial charge in [0.2, 0.25) is 0 Å². The summed E-state index contributed by atoms with van der Waals surface area (Å²) in [5, 5.41) is 11.4. The Morgan fingerprint density at radius 2 is 1.80 bits per heavy atom. The molecule has 0 radical (unpaired) electrons. The number of carbonyl (C=O) groups excluding carboxylic acids is 3. The fourth-order valence-electron chi connectivity index (χ4n) is 3.46. The normalized spacial score (nSPS) is 18.6. The van der Waals surface area contributed by atoms with Gasteiger partial charge in [-0.25, -0.2) is 0 Å². The molecule has 0 N–H and O–H groups in total. The molecular formula is C17H17NO7. The summed E-state index contributed by atoms with van der Waals surface area (Å²) >= 11 is 0. The Kier molecular flexibility index (Phi) is 5.01. The number of nitrogens with zero attached hydrogens (tertiary/aromatic N) is 1. The predicted molar refractivity (Wildman–Crippen MR) is 85.7 cm³/mol. The van der Waals surface area contributed by atoms with Gasteiger partial charge in [0.05, 0.1) is 19.1 Å². The second-order valence-corrected chi connectivity index (χ2v) is 5.73. The average molecular weight is 347 g/mol. The first kappa shape index (κ1) is 18.3. The summed E-state index contributed by atoms with van der Waals surface area (Å²) in [4.78, 5) is 47.6. The van der Waals surface area contributed by atoms with Crippen molar-refractivity contribution in [2.75, 3.05) is 14.2 Å². The maximum absolute atomic E-state index is 12.6. The number of hydrogen-bond acceptors (Lipinski definition) is 7. The smallest absolute Gasteiger partial charge is 0.324 e. The SMILES string of the molecule is COC(=O)C1(C(=O)OC)CC(C)=C(C=O)[C@H]1c1ccccc1[N+](=O)[O-]. The molecule has 0 bridgehead atoms. The van der Waals surface area contributed by atoms with Crippen molar-refractivity contribution in [2.24, 2.45) is 5.41 Å². The molecule has 1 atom stereocenters. The van der Waals surface area contributed by atoms with Gasteiger partial charge in [-0.3, -0.25) is 24.5 Å². The highest BCUT2D eigenvalue weighted by molar-refractivity contribution is 6.05. The fourth-order valence-corrected chi connectivity index (χ4v) is 3.46. The van der Waals surface area contributed by atoms with Crippen molar-refractivity contribution in [2.45, 2.75) is 19.3 Å². The van der Waals surface area contributed by atoms with E-state index in [0.717, 1.165) is 14.2 Å². The molecular weight excluding hydrogens is 330 g/mol. The predicted octanol–water partition coefficient (Wildman–Crippen LogP) is 1.93. The van der Waals surface area contributed by atoms with Crippen LogP contribution in [0.1, 0.15) is 24.8 Å². The van der Waals surface area contributed by atoms with Crippen molar-refractivity contribution in [3.05, 3.63) is 51.1 Å². The van der Waals surface area contributed by atoms with Crippen molar-refractivity contribution in [1.29, 1.82) is 0 Å². The highest BCUT2D eigenvalue weighted by Crippen LogP contribution is 2.55. The van der Waals surface area contributed by atoms with E-state index >= 15 is 0 Å². The van der Waals surface area contributed by atoms with Crippen molar-refractivity contribution in [1.82, 2.24) is 0 Å². The van der Waals surface area contributed by atoms with Crippen LogP contribution in [0.2, 0.25) is 0 Å². The highest BCUT2D eigenvalue weighted by Gasteiger charge is 2.61. The lowest BCUT2D eigenvalue weighted by molar-refractivity contribution is -0.385. The highest BCUT2D eigenvalue weighted by atomic mass is 16.6. The molecule has 1 aromatic rings. The Balaban J connectivity index is 2.83. The fraction of sp³-hybridized carbons (Fsp3) is 0.353. The molecule has 132 valence electrons. The van der Waals surface area contributed by atoms with E-state index in [1.165, 1.54) is 24.3 Å². The Morgan fingerprint density at radius 1 is 1.24 bits per heavy atom. The lowest BCUT2D eigenvalue weighted by Crippen LogP contribution is -2.44. The van der Waals surface area contributed by atoms with Crippen LogP contribution < -0.4 is 0 Å². The first-order chi connectivity index (χ1) is 11.8. The number of aldehydes is 1. The zero-order chi connectivity index (χ0) is 18.8. The van der Waals surface area contributed by atoms with Gasteiger partial charge in [0.25, 0.3) is 5.69 Å². The van der Waals surface area contributed by atoms with Crippen LogP contribution in [-0.2, 0) is 23.9 Å². The molecule has 1 aromatic carbocycles. The Morgan fingerprint density at radius 3 is 2.28 bits per heavy atom. The molecule has 0 heterocycles. The van der Waals surface area contributed by atoms with E-state index in [-0.39, 0.29) is 23.2 Å². The Labute approximate surface area is 143 Å². The van der Waals surface area contributed by atoms with Gasteiger partial charge in [-0.2, -0.15) is 0 Å². The Bertz CT molecular complexity index is 765. The van der Waals surface area contributed by atoms with Crippen molar-refractivity contribution in [3.63, 3.8) is 0 Å². The van der Waals surface area contributed by atoms with E-state index in [9.17, 15) is 24.5 Å². The van der Waals surface area contributed by atoms with Crippen molar-refractivity contribution < 1.29 is 28.8 Å². The van der Waals surface area contributed by atoms with Gasteiger partial charge in [0.15, 0.2) is 5.41 Å². The number of nitro groups is 1. The lowest BCUT2D eigenvalue weighted by Gasteiger charge is -2.31. The van der Waals surface area contributed by atoms with E-state index in [1.54, 1.807) is 6.92 Å². The molecule has 1 aliphatic rings. The van der Waals surface area contributed by atoms with Crippen LogP contribution >= 0.6 is 0 Å². The number of methoxy groups -OCH3 is 2. The number of esters is 2. The number of ether oxygens (including phenoxy) is 2. The number of nitro benzene ring substituents is 1. The molecule has 0 spiro atoms. The molecule has 8 heteroatoms. The Hall–Kier alpha value is -3.03. The second-order valence-electron chi connectivity index (χ2n) is 5.73. The van der Waals surface area contributed by atoms with Crippen LogP contribution in [0, 0.1) is 15.5 Å². The van der Waals surface area contributed by atoms with Gasteiger partial charge in [-0.1, -0.05) is 23.8 Å². The van der Waals surface area contributed by atoms with Crippen molar-refractivity contribution >= 4 is 23.9 Å². The summed E-state index contributed by atoms with van der Waals surface area (Å²) in [7, 11) is 2.22. The van der Waals surface area contributed by atoms with Crippen molar-refractivity contribution in [3.8, 4) is 0 Å². The molecule has 0 unspecified atom stereocenters. The van der Waals surface area contributed by atoms with Gasteiger partial charge in [-0.15, -0.1) is 0 Å². The molecule has 2 rings (SSSR count). The molecule has 0 saturated heterocycles. The number of allylic oxidation sites excluding steroid dienone is 2. The number of carbonyl (C=O) groups is 3. The first-order valence-electron chi connectivity index (χ1n) is 7.40. The lowest BCUT2D eigenvalue weighted by atomic mass is 9.71. The van der Waals surface area contributed by atoms with Crippen LogP contribution in [0.5, 0.6) is 0 Å². The first-order valence-corrected chi connectivity index (χ1v) is 7.40. The maximum Gasteiger partial charge on any atom is 0.324 e. The zero-order valence-corrected chi connectivity index (χ0v) is 14.0. The number of rotatable bonds is 5. The summed E-state index contributed by atoms with van der Waals surface area (Å²) in [6, 6.07) is 5.68. The van der Waals surface area contributed by atoms with Gasteiger partial charge in [0.1, 0.15) is 6.29 Å². The summed E-state index contributed by atoms with van der Waals surface area (Å²) in [6.45, 7) is 1.60. The molecule has 0 aliphatic heterocycles. The van der Waals surface area contributed by atoms with E-state index < -0.39 is 28.2 Å². The molecule has 8 nitrogen and oxygen atoms in total. The van der Waals surface area contributed by atoms with Crippen LogP contribution in [0.3, 0.4) is 0 Å². The average Bonchev–Trinajstić information content (AvgIpc) is 2.93. The van der Waals surface area contributed by atoms with Gasteiger partial charge in [0, 0.05) is 23.1 Å². The molecule has 0 aromatic heterocycles. The molecule has 0 saturated carbocycles. The van der Waals surface area contributed by atoms with E-state index in [1.807, 2.05) is 0 Å². The third-order valence-corrected chi connectivity index (χ3v) is 4.51. The summed E-state index contributed by atoms with van der Waals surface area (Å²) in [5.74, 6) is -2.97. The van der Waals surface area contributed by atoms with Gasteiger partial charge < -0.3 is 9.47 Å². The number of benzene rings is 1. The minimum absolute atomic E-state index is 0.0854. The number of para-hydroxylation sites is 1. The van der Waals surface area contributed by atoms with Crippen LogP contribution in [0.4, 0.5) is 5.69 Å². The summed E-state index contributed by atoms with van der Waals surface area (Å²) in [5.41, 5.74) is -1.46. The van der Waals surface area contributed by atoms with Crippen LogP contribution in [0.25, 0.3) is 0 Å². The third-order valence-electron chi connectivity index (χ3n) is 4.51. The van der Waals surface area contributed by atoms with Gasteiger partial charge >= 0.3 is 11.9 Å². The zero-order valence-electron chi connectivity index (χ0n) is 14.0. The molecule has 0 amide bonds. The number of hydrogen-bond donors (Lipinski definition) is 0. The maximum atomic E-state index is 12.6. The third kappa shape index (κ3) is 2.69. The second kappa shape index (κ2) is 6.84. The van der Waals surface area contributed by atoms with E-state index in [4.69, 9.17) is 9.47 Å². The largest absolute Gasteiger partial charge is 0.468 e. The minimum Gasteiger partial charge on any atom is -0.468 e. The van der Waals surface area contributed by atoms with Crippen LogP contribution in [0.15, 0.2) is 35.4 Å².